The molecule has 0 atom stereocenters. The third-order valence-corrected chi connectivity index (χ3v) is 7.99. The molecule has 36 heavy (non-hydrogen) atoms. The summed E-state index contributed by atoms with van der Waals surface area (Å²) in [5.41, 5.74) is 0.375. The Morgan fingerprint density at radius 2 is 1.86 bits per heavy atom. The average Bonchev–Trinajstić information content (AvgIpc) is 3.27. The molecule has 10 nitrogen and oxygen atoms in total. The van der Waals surface area contributed by atoms with Gasteiger partial charge in [0.15, 0.2) is 11.5 Å². The molecule has 4 rings (SSSR count). The van der Waals surface area contributed by atoms with Crippen LogP contribution in [-0.2, 0) is 14.6 Å². The topological polar surface area (TPSA) is 139 Å². The Bertz CT molecular complexity index is 1480. The maximum atomic E-state index is 13.1. The second-order valence-electron chi connectivity index (χ2n) is 7.81. The smallest absolute Gasteiger partial charge is 0.343 e. The first-order valence-electron chi connectivity index (χ1n) is 10.4. The zero-order valence-electron chi connectivity index (χ0n) is 19.2. The fourth-order valence-corrected chi connectivity index (χ4v) is 5.23. The Kier molecular flexibility index (Phi) is 6.78. The molecule has 1 N–H and O–H groups in total. The van der Waals surface area contributed by atoms with Gasteiger partial charge in [-0.25, -0.2) is 22.5 Å². The lowest BCUT2D eigenvalue weighted by Crippen LogP contribution is -2.46. The number of fused-ring (bicyclic) bond motifs is 1. The predicted molar refractivity (Wildman–Crippen MR) is 133 cm³/mol. The molecule has 0 saturated heterocycles. The Morgan fingerprint density at radius 1 is 1.17 bits per heavy atom. The number of benzene rings is 2. The highest BCUT2D eigenvalue weighted by Gasteiger charge is 2.43. The highest BCUT2D eigenvalue weighted by atomic mass is 32.2. The van der Waals surface area contributed by atoms with Crippen molar-refractivity contribution in [3.8, 4) is 11.5 Å². The third kappa shape index (κ3) is 4.66. The van der Waals surface area contributed by atoms with Crippen molar-refractivity contribution in [1.29, 1.82) is 5.41 Å². The molecule has 2 aromatic rings. The number of hydrogen-bond donors (Lipinski definition) is 1. The van der Waals surface area contributed by atoms with Crippen LogP contribution in [0.1, 0.15) is 29.8 Å². The van der Waals surface area contributed by atoms with Crippen molar-refractivity contribution in [3.63, 3.8) is 0 Å². The van der Waals surface area contributed by atoms with E-state index in [-0.39, 0.29) is 38.8 Å². The number of sulfone groups is 1. The molecule has 0 aromatic heterocycles. The van der Waals surface area contributed by atoms with Crippen LogP contribution in [0, 0.1) is 11.2 Å². The van der Waals surface area contributed by atoms with Gasteiger partial charge in [0, 0.05) is 0 Å². The van der Waals surface area contributed by atoms with Gasteiger partial charge in [-0.05, 0) is 61.9 Å². The van der Waals surface area contributed by atoms with E-state index in [1.54, 1.807) is 0 Å². The van der Waals surface area contributed by atoms with Gasteiger partial charge in [-0.15, -0.1) is 0 Å². The molecule has 0 saturated carbocycles. The van der Waals surface area contributed by atoms with Gasteiger partial charge in [-0.1, -0.05) is 6.07 Å². The Hall–Kier alpha value is -3.84. The second-order valence-corrected chi connectivity index (χ2v) is 10.9. The van der Waals surface area contributed by atoms with E-state index in [4.69, 9.17) is 14.9 Å². The van der Waals surface area contributed by atoms with Crippen molar-refractivity contribution in [2.24, 2.45) is 9.39 Å². The summed E-state index contributed by atoms with van der Waals surface area (Å²) in [7, 11) is -2.49. The molecule has 2 aliphatic heterocycles. The minimum absolute atomic E-state index is 0.0120. The van der Waals surface area contributed by atoms with Gasteiger partial charge in [-0.2, -0.15) is 9.39 Å². The molecule has 2 aromatic carbocycles. The predicted octanol–water partition coefficient (Wildman–Crippen LogP) is 3.45. The van der Waals surface area contributed by atoms with Crippen molar-refractivity contribution in [2.75, 3.05) is 7.11 Å². The van der Waals surface area contributed by atoms with Gasteiger partial charge in [-0.3, -0.25) is 10.2 Å². The minimum atomic E-state index is -3.84. The minimum Gasteiger partial charge on any atom is -0.493 e. The number of amidine groups is 3. The highest BCUT2D eigenvalue weighted by molar-refractivity contribution is 8.16. The van der Waals surface area contributed by atoms with Crippen LogP contribution in [-0.4, -0.2) is 53.7 Å². The number of carbonyl (C=O) groups excluding carboxylic acids is 2. The lowest BCUT2D eigenvalue weighted by atomic mass is 10.1. The number of nitrogens with zero attached hydrogens (tertiary/aromatic N) is 3. The van der Waals surface area contributed by atoms with Crippen LogP contribution in [0.5, 0.6) is 11.5 Å². The molecule has 0 bridgehead atoms. The molecule has 0 radical (unpaired) electrons. The van der Waals surface area contributed by atoms with Crippen LogP contribution in [0.2, 0.25) is 0 Å². The van der Waals surface area contributed by atoms with Gasteiger partial charge >= 0.3 is 5.97 Å². The van der Waals surface area contributed by atoms with Gasteiger partial charge in [0.1, 0.15) is 11.7 Å². The number of esters is 1. The number of amides is 1. The lowest BCUT2D eigenvalue weighted by Gasteiger charge is -2.25. The normalized spacial score (nSPS) is 16.7. The van der Waals surface area contributed by atoms with E-state index >= 15 is 0 Å². The quantitative estimate of drug-likeness (QED) is 0.268. The van der Waals surface area contributed by atoms with Crippen molar-refractivity contribution in [1.82, 2.24) is 4.90 Å². The number of carbonyl (C=O) groups is 2. The number of ether oxygens (including phenoxy) is 2. The first-order chi connectivity index (χ1) is 17.0. The van der Waals surface area contributed by atoms with E-state index in [1.165, 1.54) is 57.4 Å². The van der Waals surface area contributed by atoms with E-state index < -0.39 is 32.8 Å². The van der Waals surface area contributed by atoms with Crippen LogP contribution in [0.3, 0.4) is 0 Å². The number of methoxy groups -OCH3 is 1. The molecule has 186 valence electrons. The molecule has 0 fully saturated rings. The largest absolute Gasteiger partial charge is 0.493 e. The summed E-state index contributed by atoms with van der Waals surface area (Å²) in [5, 5.41) is 7.36. The van der Waals surface area contributed by atoms with Crippen molar-refractivity contribution in [2.45, 2.75) is 19.1 Å². The molecule has 2 heterocycles. The van der Waals surface area contributed by atoms with Crippen molar-refractivity contribution < 1.29 is 31.9 Å². The third-order valence-electron chi connectivity index (χ3n) is 5.15. The Labute approximate surface area is 210 Å². The standard InChI is InChI=1S/C23H19FN4O6S2/c1-12(2)36(31,32)23-27-35-22-26-20(29)16(19(25)28(22)23)10-13-4-9-17(18(11-13)33-3)34-21(30)14-5-7-15(24)8-6-14/h4-12,25H,1-3H3/b16-10-,25-19?. The maximum absolute atomic E-state index is 13.1. The average molecular weight is 531 g/mol. The Morgan fingerprint density at radius 3 is 2.50 bits per heavy atom. The summed E-state index contributed by atoms with van der Waals surface area (Å²) in [4.78, 5) is 29.9. The molecule has 13 heteroatoms. The van der Waals surface area contributed by atoms with Crippen LogP contribution in [0.25, 0.3) is 6.08 Å². The van der Waals surface area contributed by atoms with Gasteiger partial charge in [0.25, 0.3) is 5.91 Å². The molecular formula is C23H19FN4O6S2. The van der Waals surface area contributed by atoms with Gasteiger partial charge in [0.05, 0.1) is 35.4 Å². The first-order valence-corrected chi connectivity index (χ1v) is 12.7. The number of rotatable bonds is 5. The summed E-state index contributed by atoms with van der Waals surface area (Å²) < 4.78 is 53.1. The summed E-state index contributed by atoms with van der Waals surface area (Å²) in [6, 6.07) is 9.25. The van der Waals surface area contributed by atoms with Crippen LogP contribution >= 0.6 is 11.9 Å². The summed E-state index contributed by atoms with van der Waals surface area (Å²) in [5.74, 6) is -2.11. The molecule has 0 aliphatic carbocycles. The van der Waals surface area contributed by atoms with E-state index in [0.717, 1.165) is 17.0 Å². The summed E-state index contributed by atoms with van der Waals surface area (Å²) in [6.07, 6.45) is 1.35. The van der Waals surface area contributed by atoms with Crippen molar-refractivity contribution in [3.05, 3.63) is 65.0 Å². The first kappa shape index (κ1) is 25.3. The fraction of sp³-hybridized carbons (Fsp3) is 0.174. The molecular weight excluding hydrogens is 511 g/mol. The van der Waals surface area contributed by atoms with Crippen LogP contribution < -0.4 is 9.47 Å². The van der Waals surface area contributed by atoms with E-state index in [1.807, 2.05) is 0 Å². The van der Waals surface area contributed by atoms with E-state index in [2.05, 4.69) is 9.39 Å². The Balaban J connectivity index is 1.63. The van der Waals surface area contributed by atoms with E-state index in [0.29, 0.717) is 17.5 Å². The molecule has 0 unspecified atom stereocenters. The zero-order valence-corrected chi connectivity index (χ0v) is 20.8. The molecule has 2 aliphatic rings. The van der Waals surface area contributed by atoms with Gasteiger partial charge in [0.2, 0.25) is 20.2 Å². The molecule has 0 spiro atoms. The highest BCUT2D eigenvalue weighted by Crippen LogP contribution is 2.33. The fourth-order valence-electron chi connectivity index (χ4n) is 3.16. The van der Waals surface area contributed by atoms with Gasteiger partial charge < -0.3 is 9.47 Å². The number of hydrogen-bond acceptors (Lipinski definition) is 9. The zero-order chi connectivity index (χ0) is 26.2. The molecule has 1 amide bonds. The monoisotopic (exact) mass is 530 g/mol. The van der Waals surface area contributed by atoms with E-state index in [9.17, 15) is 22.4 Å². The number of nitrogens with one attached hydrogen (secondary N) is 1. The van der Waals surface area contributed by atoms with Crippen LogP contribution in [0.4, 0.5) is 4.39 Å². The lowest BCUT2D eigenvalue weighted by molar-refractivity contribution is -0.114. The maximum Gasteiger partial charge on any atom is 0.343 e. The number of halogens is 1. The summed E-state index contributed by atoms with van der Waals surface area (Å²) in [6.45, 7) is 2.98. The van der Waals surface area contributed by atoms with Crippen LogP contribution in [0.15, 0.2) is 57.4 Å². The SMILES string of the molecule is COc1cc(/C=C2/C(=N)N3C(=NC2=O)SN=C3S(=O)(=O)C(C)C)ccc1OC(=O)c1ccc(F)cc1. The van der Waals surface area contributed by atoms with Crippen molar-refractivity contribution >= 4 is 55.9 Å². The summed E-state index contributed by atoms with van der Waals surface area (Å²) >= 11 is 0.714. The number of aliphatic imine (C=N–C) groups is 1. The second kappa shape index (κ2) is 9.66.